The molecular weight excluding hydrogens is 440 g/mol. The Hall–Kier alpha value is -2.32. The Labute approximate surface area is 155 Å². The zero-order chi connectivity index (χ0) is 17.4. The van der Waals surface area contributed by atoms with Crippen LogP contribution in [-0.2, 0) is 9.59 Å². The summed E-state index contributed by atoms with van der Waals surface area (Å²) in [4.78, 5) is 23.1. The lowest BCUT2D eigenvalue weighted by Crippen LogP contribution is -2.35. The van der Waals surface area contributed by atoms with Gasteiger partial charge in [0.2, 0.25) is 0 Å². The molecule has 8 heteroatoms. The molecule has 0 aliphatic rings. The van der Waals surface area contributed by atoms with E-state index < -0.39 is 11.8 Å². The van der Waals surface area contributed by atoms with E-state index in [1.165, 1.54) is 12.4 Å². The van der Waals surface area contributed by atoms with Crippen LogP contribution in [0.15, 0.2) is 67.7 Å². The molecule has 2 amide bonds. The van der Waals surface area contributed by atoms with Crippen LogP contribution < -0.4 is 10.9 Å². The fourth-order valence-electron chi connectivity index (χ4n) is 1.53. The van der Waals surface area contributed by atoms with Crippen LogP contribution in [0, 0.1) is 0 Å². The second-order valence-electron chi connectivity index (χ2n) is 4.50. The number of nitrogens with zero attached hydrogens (tertiary/aromatic N) is 2. The molecule has 2 aromatic carbocycles. The maximum absolute atomic E-state index is 11.5. The number of halogens is 2. The van der Waals surface area contributed by atoms with Crippen molar-refractivity contribution < 1.29 is 9.59 Å². The van der Waals surface area contributed by atoms with Gasteiger partial charge in [-0.15, -0.1) is 0 Å². The van der Waals surface area contributed by atoms with Crippen LogP contribution in [0.2, 0.25) is 0 Å². The molecule has 0 spiro atoms. The van der Waals surface area contributed by atoms with Gasteiger partial charge in [0.05, 0.1) is 12.4 Å². The largest absolute Gasteiger partial charge is 0.331 e. The summed E-state index contributed by atoms with van der Waals surface area (Å²) in [6.07, 6.45) is 2.87. The Morgan fingerprint density at radius 2 is 1.04 bits per heavy atom. The second kappa shape index (κ2) is 9.09. The quantitative estimate of drug-likeness (QED) is 0.425. The summed E-state index contributed by atoms with van der Waals surface area (Å²) in [5.41, 5.74) is 5.83. The molecule has 6 nitrogen and oxygen atoms in total. The summed E-state index contributed by atoms with van der Waals surface area (Å²) in [6.45, 7) is 0. The van der Waals surface area contributed by atoms with Crippen LogP contribution in [-0.4, -0.2) is 24.2 Å². The topological polar surface area (TPSA) is 82.9 Å². The Bertz CT molecular complexity index is 704. The molecule has 0 aliphatic heterocycles. The Balaban J connectivity index is 1.80. The molecule has 0 saturated carbocycles. The van der Waals surface area contributed by atoms with Crippen LogP contribution in [0.1, 0.15) is 11.1 Å². The van der Waals surface area contributed by atoms with Gasteiger partial charge in [-0.2, -0.15) is 10.2 Å². The van der Waals surface area contributed by atoms with Crippen molar-refractivity contribution >= 4 is 56.1 Å². The van der Waals surface area contributed by atoms with Gasteiger partial charge in [0.1, 0.15) is 0 Å². The van der Waals surface area contributed by atoms with Gasteiger partial charge in [0.15, 0.2) is 0 Å². The summed E-state index contributed by atoms with van der Waals surface area (Å²) in [7, 11) is 0. The molecule has 24 heavy (non-hydrogen) atoms. The fraction of sp³-hybridized carbons (Fsp3) is 0. The van der Waals surface area contributed by atoms with Gasteiger partial charge in [0.25, 0.3) is 0 Å². The highest BCUT2D eigenvalue weighted by atomic mass is 79.9. The van der Waals surface area contributed by atoms with Crippen LogP contribution in [0.5, 0.6) is 0 Å². The summed E-state index contributed by atoms with van der Waals surface area (Å²) in [5.74, 6) is -1.81. The van der Waals surface area contributed by atoms with Crippen molar-refractivity contribution in [2.45, 2.75) is 0 Å². The van der Waals surface area contributed by atoms with E-state index in [0.29, 0.717) is 0 Å². The van der Waals surface area contributed by atoms with Crippen molar-refractivity contribution in [2.75, 3.05) is 0 Å². The monoisotopic (exact) mass is 450 g/mol. The third kappa shape index (κ3) is 6.05. The molecule has 0 radical (unpaired) electrons. The molecule has 0 aromatic heterocycles. The number of hydrogen-bond acceptors (Lipinski definition) is 4. The maximum atomic E-state index is 11.5. The zero-order valence-corrected chi connectivity index (χ0v) is 15.4. The Morgan fingerprint density at radius 3 is 1.38 bits per heavy atom. The van der Waals surface area contributed by atoms with E-state index in [0.717, 1.165) is 20.1 Å². The smallest absolute Gasteiger partial charge is 0.262 e. The van der Waals surface area contributed by atoms with Gasteiger partial charge in [0, 0.05) is 8.95 Å². The van der Waals surface area contributed by atoms with E-state index in [9.17, 15) is 9.59 Å². The summed E-state index contributed by atoms with van der Waals surface area (Å²) < 4.78 is 1.87. The van der Waals surface area contributed by atoms with Gasteiger partial charge < -0.3 is 0 Å². The molecule has 2 rings (SSSR count). The molecule has 2 N–H and O–H groups in total. The number of benzene rings is 2. The van der Waals surface area contributed by atoms with Gasteiger partial charge in [-0.1, -0.05) is 56.1 Å². The lowest BCUT2D eigenvalue weighted by Gasteiger charge is -1.98. The minimum atomic E-state index is -0.906. The highest BCUT2D eigenvalue weighted by molar-refractivity contribution is 9.10. The van der Waals surface area contributed by atoms with E-state index in [2.05, 4.69) is 52.9 Å². The van der Waals surface area contributed by atoms with E-state index in [1.807, 2.05) is 48.5 Å². The van der Waals surface area contributed by atoms with Gasteiger partial charge in [-0.05, 0) is 35.4 Å². The lowest BCUT2D eigenvalue weighted by molar-refractivity contribution is -0.139. The number of hydrogen-bond donors (Lipinski definition) is 2. The maximum Gasteiger partial charge on any atom is 0.331 e. The molecule has 0 atom stereocenters. The van der Waals surface area contributed by atoms with Gasteiger partial charge in [-0.3, -0.25) is 9.59 Å². The zero-order valence-electron chi connectivity index (χ0n) is 12.2. The van der Waals surface area contributed by atoms with Crippen LogP contribution in [0.4, 0.5) is 0 Å². The molecular formula is C16H12Br2N4O2. The van der Waals surface area contributed by atoms with Gasteiger partial charge >= 0.3 is 11.8 Å². The lowest BCUT2D eigenvalue weighted by atomic mass is 10.2. The van der Waals surface area contributed by atoms with Crippen LogP contribution in [0.3, 0.4) is 0 Å². The number of carbonyl (C=O) groups excluding carboxylic acids is 2. The molecule has 122 valence electrons. The van der Waals surface area contributed by atoms with Gasteiger partial charge in [-0.25, -0.2) is 10.9 Å². The number of nitrogens with one attached hydrogen (secondary N) is 2. The van der Waals surface area contributed by atoms with Crippen molar-refractivity contribution in [3.63, 3.8) is 0 Å². The molecule has 2 aromatic rings. The van der Waals surface area contributed by atoms with E-state index in [1.54, 1.807) is 0 Å². The molecule has 0 heterocycles. The highest BCUT2D eigenvalue weighted by Crippen LogP contribution is 2.09. The Kier molecular flexibility index (Phi) is 6.83. The highest BCUT2D eigenvalue weighted by Gasteiger charge is 2.10. The minimum Gasteiger partial charge on any atom is -0.262 e. The van der Waals surface area contributed by atoms with Crippen molar-refractivity contribution in [1.82, 2.24) is 10.9 Å². The normalized spacial score (nSPS) is 10.9. The number of rotatable bonds is 4. The van der Waals surface area contributed by atoms with E-state index in [-0.39, 0.29) is 0 Å². The summed E-state index contributed by atoms with van der Waals surface area (Å²) >= 11 is 6.63. The summed E-state index contributed by atoms with van der Waals surface area (Å²) in [5, 5.41) is 7.42. The van der Waals surface area contributed by atoms with E-state index >= 15 is 0 Å². The van der Waals surface area contributed by atoms with Crippen molar-refractivity contribution in [2.24, 2.45) is 10.2 Å². The van der Waals surface area contributed by atoms with Crippen molar-refractivity contribution in [3.05, 3.63) is 68.6 Å². The average Bonchev–Trinajstić information content (AvgIpc) is 2.58. The first-order chi connectivity index (χ1) is 11.5. The second-order valence-corrected chi connectivity index (χ2v) is 6.33. The standard InChI is InChI=1S/C16H12Br2N4O2/c17-13-5-1-11(2-6-13)9-19-21-15(23)16(24)22-20-10-12-3-7-14(18)8-4-12/h1-10H,(H,21,23)(H,22,24)/b19-9+,20-10+. The average molecular weight is 452 g/mol. The van der Waals surface area contributed by atoms with Crippen molar-refractivity contribution in [1.29, 1.82) is 0 Å². The first-order valence-corrected chi connectivity index (χ1v) is 8.31. The molecule has 0 fully saturated rings. The molecule has 0 unspecified atom stereocenters. The van der Waals surface area contributed by atoms with Crippen molar-refractivity contribution in [3.8, 4) is 0 Å². The van der Waals surface area contributed by atoms with Crippen LogP contribution in [0.25, 0.3) is 0 Å². The minimum absolute atomic E-state index is 0.784. The third-order valence-electron chi connectivity index (χ3n) is 2.71. The SMILES string of the molecule is O=C(N/N=C/c1ccc(Br)cc1)C(=O)N/N=C/c1ccc(Br)cc1. The predicted octanol–water partition coefficient (Wildman–Crippen LogP) is 2.81. The molecule has 0 aliphatic carbocycles. The Morgan fingerprint density at radius 1 is 0.708 bits per heavy atom. The summed E-state index contributed by atoms with van der Waals surface area (Å²) in [6, 6.07) is 14.6. The van der Waals surface area contributed by atoms with Crippen LogP contribution >= 0.6 is 31.9 Å². The number of amides is 2. The predicted molar refractivity (Wildman–Crippen MR) is 99.8 cm³/mol. The number of hydrazone groups is 2. The first kappa shape index (κ1) is 18.0. The molecule has 0 saturated heterocycles. The first-order valence-electron chi connectivity index (χ1n) is 6.72. The fourth-order valence-corrected chi connectivity index (χ4v) is 2.06. The third-order valence-corrected chi connectivity index (χ3v) is 3.76. The molecule has 0 bridgehead atoms. The number of carbonyl (C=O) groups is 2. The van der Waals surface area contributed by atoms with E-state index in [4.69, 9.17) is 0 Å².